The molecule has 8 heteroatoms. The molecule has 1 aromatic carbocycles. The highest BCUT2D eigenvalue weighted by Gasteiger charge is 2.28. The first-order chi connectivity index (χ1) is 13.4. The second-order valence-corrected chi connectivity index (χ2v) is 6.74. The van der Waals surface area contributed by atoms with Gasteiger partial charge in [-0.15, -0.1) is 0 Å². The van der Waals surface area contributed by atoms with Crippen molar-refractivity contribution in [2.45, 2.75) is 32.9 Å². The Morgan fingerprint density at radius 1 is 1.18 bits per heavy atom. The lowest BCUT2D eigenvalue weighted by Crippen LogP contribution is -2.46. The molecule has 0 radical (unpaired) electrons. The summed E-state index contributed by atoms with van der Waals surface area (Å²) in [5.74, 6) is -1.12. The molecule has 2 atom stereocenters. The van der Waals surface area contributed by atoms with Gasteiger partial charge in [-0.1, -0.05) is 31.9 Å². The number of furan rings is 1. The van der Waals surface area contributed by atoms with E-state index < -0.39 is 30.4 Å². The van der Waals surface area contributed by atoms with Gasteiger partial charge >= 0.3 is 5.97 Å². The van der Waals surface area contributed by atoms with Gasteiger partial charge < -0.3 is 19.8 Å². The van der Waals surface area contributed by atoms with Crippen LogP contribution >= 0.6 is 11.6 Å². The van der Waals surface area contributed by atoms with Gasteiger partial charge in [0, 0.05) is 10.6 Å². The Bertz CT molecular complexity index is 789. The summed E-state index contributed by atoms with van der Waals surface area (Å²) in [7, 11) is 0. The minimum Gasteiger partial charge on any atom is -0.467 e. The Morgan fingerprint density at radius 3 is 2.50 bits per heavy atom. The Labute approximate surface area is 168 Å². The van der Waals surface area contributed by atoms with Crippen LogP contribution in [0, 0.1) is 5.92 Å². The maximum Gasteiger partial charge on any atom is 0.329 e. The third-order valence-corrected chi connectivity index (χ3v) is 4.50. The van der Waals surface area contributed by atoms with Gasteiger partial charge in [0.15, 0.2) is 6.61 Å². The SMILES string of the molecule is CC[C@H](C)[C@H](NC(=O)c1ccc(Cl)cc1)C(=O)OCC(=O)NCc1ccco1. The van der Waals surface area contributed by atoms with Crippen molar-refractivity contribution in [1.82, 2.24) is 10.6 Å². The molecule has 0 aliphatic carbocycles. The number of rotatable bonds is 9. The number of carbonyl (C=O) groups is 3. The number of benzene rings is 1. The first kappa shape index (κ1) is 21.5. The largest absolute Gasteiger partial charge is 0.467 e. The van der Waals surface area contributed by atoms with Gasteiger partial charge in [0.1, 0.15) is 11.8 Å². The lowest BCUT2D eigenvalue weighted by atomic mass is 9.99. The van der Waals surface area contributed by atoms with Crippen molar-refractivity contribution in [2.75, 3.05) is 6.61 Å². The Morgan fingerprint density at radius 2 is 1.89 bits per heavy atom. The standard InChI is InChI=1S/C20H23ClN2O5/c1-3-13(2)18(23-19(25)14-6-8-15(21)9-7-14)20(26)28-12-17(24)22-11-16-5-4-10-27-16/h4-10,13,18H,3,11-12H2,1-2H3,(H,22,24)(H,23,25)/t13-,18-/m0/s1. The van der Waals surface area contributed by atoms with Crippen LogP contribution in [-0.2, 0) is 20.9 Å². The maximum atomic E-state index is 12.4. The lowest BCUT2D eigenvalue weighted by Gasteiger charge is -2.22. The van der Waals surface area contributed by atoms with Gasteiger partial charge in [-0.3, -0.25) is 9.59 Å². The van der Waals surface area contributed by atoms with E-state index in [0.717, 1.165) is 0 Å². The number of esters is 1. The molecule has 0 spiro atoms. The average Bonchev–Trinajstić information content (AvgIpc) is 3.22. The normalized spacial score (nSPS) is 12.7. The topological polar surface area (TPSA) is 97.6 Å². The molecule has 2 amide bonds. The van der Waals surface area contributed by atoms with Crippen LogP contribution in [-0.4, -0.2) is 30.4 Å². The molecular weight excluding hydrogens is 384 g/mol. The second kappa shape index (κ2) is 10.5. The quantitative estimate of drug-likeness (QED) is 0.624. The van der Waals surface area contributed by atoms with Crippen LogP contribution in [0.5, 0.6) is 0 Å². The average molecular weight is 407 g/mol. The predicted molar refractivity (Wildman–Crippen MR) is 104 cm³/mol. The molecule has 0 unspecified atom stereocenters. The zero-order chi connectivity index (χ0) is 20.5. The third-order valence-electron chi connectivity index (χ3n) is 4.25. The summed E-state index contributed by atoms with van der Waals surface area (Å²) in [4.78, 5) is 36.7. The van der Waals surface area contributed by atoms with Crippen molar-refractivity contribution in [3.8, 4) is 0 Å². The number of ether oxygens (including phenoxy) is 1. The summed E-state index contributed by atoms with van der Waals surface area (Å²) >= 11 is 5.83. The summed E-state index contributed by atoms with van der Waals surface area (Å²) in [6.45, 7) is 3.48. The van der Waals surface area contributed by atoms with Crippen molar-refractivity contribution < 1.29 is 23.5 Å². The van der Waals surface area contributed by atoms with Gasteiger partial charge in [-0.25, -0.2) is 4.79 Å². The van der Waals surface area contributed by atoms with E-state index in [2.05, 4.69) is 10.6 Å². The fourth-order valence-corrected chi connectivity index (χ4v) is 2.50. The van der Waals surface area contributed by atoms with Crippen LogP contribution in [0.3, 0.4) is 0 Å². The van der Waals surface area contributed by atoms with Crippen molar-refractivity contribution in [3.63, 3.8) is 0 Å². The maximum absolute atomic E-state index is 12.4. The Kier molecular flexibility index (Phi) is 8.07. The molecule has 150 valence electrons. The fourth-order valence-electron chi connectivity index (χ4n) is 2.37. The molecule has 2 aromatic rings. The summed E-state index contributed by atoms with van der Waals surface area (Å²) in [5, 5.41) is 5.77. The van der Waals surface area contributed by atoms with E-state index in [1.807, 2.05) is 13.8 Å². The number of halogens is 1. The van der Waals surface area contributed by atoms with E-state index in [1.165, 1.54) is 6.26 Å². The molecule has 2 rings (SSSR count). The molecule has 0 saturated carbocycles. The number of hydrogen-bond donors (Lipinski definition) is 2. The second-order valence-electron chi connectivity index (χ2n) is 6.31. The minimum absolute atomic E-state index is 0.171. The third kappa shape index (κ3) is 6.42. The van der Waals surface area contributed by atoms with E-state index in [1.54, 1.807) is 36.4 Å². The zero-order valence-corrected chi connectivity index (χ0v) is 16.5. The van der Waals surface area contributed by atoms with Gasteiger partial charge in [0.2, 0.25) is 0 Å². The highest BCUT2D eigenvalue weighted by atomic mass is 35.5. The van der Waals surface area contributed by atoms with E-state index in [0.29, 0.717) is 22.8 Å². The van der Waals surface area contributed by atoms with Gasteiger partial charge in [-0.2, -0.15) is 0 Å². The zero-order valence-electron chi connectivity index (χ0n) is 15.7. The molecule has 1 heterocycles. The fraction of sp³-hybridized carbons (Fsp3) is 0.350. The van der Waals surface area contributed by atoms with E-state index in [4.69, 9.17) is 20.8 Å². The summed E-state index contributed by atoms with van der Waals surface area (Å²) in [5.41, 5.74) is 0.377. The molecule has 0 fully saturated rings. The first-order valence-corrected chi connectivity index (χ1v) is 9.30. The molecule has 7 nitrogen and oxygen atoms in total. The van der Waals surface area contributed by atoms with Crippen LogP contribution in [0.1, 0.15) is 36.4 Å². The predicted octanol–water partition coefficient (Wildman–Crippen LogP) is 2.94. The molecular formula is C20H23ClN2O5. The van der Waals surface area contributed by atoms with Crippen molar-refractivity contribution in [1.29, 1.82) is 0 Å². The van der Waals surface area contributed by atoms with Gasteiger partial charge in [-0.05, 0) is 42.3 Å². The Balaban J connectivity index is 1.90. The highest BCUT2D eigenvalue weighted by molar-refractivity contribution is 6.30. The summed E-state index contributed by atoms with van der Waals surface area (Å²) < 4.78 is 10.2. The molecule has 1 aromatic heterocycles. The number of hydrogen-bond acceptors (Lipinski definition) is 5. The molecule has 0 bridgehead atoms. The minimum atomic E-state index is -0.869. The van der Waals surface area contributed by atoms with Crippen LogP contribution < -0.4 is 10.6 Å². The molecule has 28 heavy (non-hydrogen) atoms. The number of nitrogens with one attached hydrogen (secondary N) is 2. The summed E-state index contributed by atoms with van der Waals surface area (Å²) in [6, 6.07) is 8.88. The molecule has 2 N–H and O–H groups in total. The van der Waals surface area contributed by atoms with Gasteiger partial charge in [0.05, 0.1) is 12.8 Å². The molecule has 0 aliphatic heterocycles. The van der Waals surface area contributed by atoms with E-state index in [9.17, 15) is 14.4 Å². The van der Waals surface area contributed by atoms with E-state index in [-0.39, 0.29) is 12.5 Å². The van der Waals surface area contributed by atoms with E-state index >= 15 is 0 Å². The lowest BCUT2D eigenvalue weighted by molar-refractivity contribution is -0.151. The number of amides is 2. The number of carbonyl (C=O) groups excluding carboxylic acids is 3. The van der Waals surface area contributed by atoms with Gasteiger partial charge in [0.25, 0.3) is 11.8 Å². The van der Waals surface area contributed by atoms with Crippen LogP contribution in [0.2, 0.25) is 5.02 Å². The first-order valence-electron chi connectivity index (χ1n) is 8.92. The smallest absolute Gasteiger partial charge is 0.329 e. The van der Waals surface area contributed by atoms with Crippen LogP contribution in [0.4, 0.5) is 0 Å². The van der Waals surface area contributed by atoms with Crippen LogP contribution in [0.25, 0.3) is 0 Å². The Hall–Kier alpha value is -2.80. The van der Waals surface area contributed by atoms with Crippen molar-refractivity contribution in [3.05, 3.63) is 59.0 Å². The molecule has 0 saturated heterocycles. The highest BCUT2D eigenvalue weighted by Crippen LogP contribution is 2.13. The van der Waals surface area contributed by atoms with Crippen molar-refractivity contribution >= 4 is 29.4 Å². The van der Waals surface area contributed by atoms with Crippen LogP contribution in [0.15, 0.2) is 47.1 Å². The molecule has 0 aliphatic rings. The monoisotopic (exact) mass is 406 g/mol. The van der Waals surface area contributed by atoms with Crippen molar-refractivity contribution in [2.24, 2.45) is 5.92 Å². The summed E-state index contributed by atoms with van der Waals surface area (Å²) in [6.07, 6.45) is 2.15.